The molecule has 0 radical (unpaired) electrons. The molecule has 1 N–H and O–H groups in total. The van der Waals surface area contributed by atoms with Crippen LogP contribution >= 0.6 is 0 Å². The molecule has 0 bridgehead atoms. The Hall–Kier alpha value is -2.43. The number of aromatic amines is 1. The first-order chi connectivity index (χ1) is 9.16. The molecule has 1 atom stereocenters. The van der Waals surface area contributed by atoms with E-state index in [0.29, 0.717) is 0 Å². The van der Waals surface area contributed by atoms with Crippen LogP contribution in [0.4, 0.5) is 5.69 Å². The van der Waals surface area contributed by atoms with Gasteiger partial charge in [-0.15, -0.1) is 0 Å². The molecule has 1 aromatic heterocycles. The number of carbonyl (C=O) groups excluding carboxylic acids is 1. The van der Waals surface area contributed by atoms with Gasteiger partial charge in [0.15, 0.2) is 0 Å². The van der Waals surface area contributed by atoms with Gasteiger partial charge in [0.1, 0.15) is 5.69 Å². The third kappa shape index (κ3) is 1.93. The summed E-state index contributed by atoms with van der Waals surface area (Å²) in [6, 6.07) is 10.7. The van der Waals surface area contributed by atoms with E-state index in [1.807, 2.05) is 31.2 Å². The molecule has 1 aliphatic heterocycles. The van der Waals surface area contributed by atoms with Crippen molar-refractivity contribution in [2.24, 2.45) is 0 Å². The van der Waals surface area contributed by atoms with E-state index in [1.54, 1.807) is 4.90 Å². The molecule has 96 valence electrons. The minimum atomic E-state index is -0.313. The third-order valence-corrected chi connectivity index (χ3v) is 3.32. The zero-order valence-electron chi connectivity index (χ0n) is 10.5. The number of para-hydroxylation sites is 1. The second kappa shape index (κ2) is 4.35. The number of rotatable bonds is 1. The molecule has 5 nitrogen and oxygen atoms in total. The highest BCUT2D eigenvalue weighted by atomic mass is 16.2. The Morgan fingerprint density at radius 2 is 2.11 bits per heavy atom. The zero-order chi connectivity index (χ0) is 13.4. The normalized spacial score (nSPS) is 17.3. The number of hydrogen-bond acceptors (Lipinski definition) is 3. The summed E-state index contributed by atoms with van der Waals surface area (Å²) in [5.41, 5.74) is 2.02. The van der Waals surface area contributed by atoms with Gasteiger partial charge in [0.2, 0.25) is 0 Å². The van der Waals surface area contributed by atoms with Crippen molar-refractivity contribution < 1.29 is 4.79 Å². The molecule has 1 aromatic carbocycles. The topological polar surface area (TPSA) is 66.1 Å². The molecule has 2 heterocycles. The summed E-state index contributed by atoms with van der Waals surface area (Å²) in [6.45, 7) is 2.00. The highest BCUT2D eigenvalue weighted by Gasteiger charge is 2.31. The van der Waals surface area contributed by atoms with Crippen molar-refractivity contribution in [1.29, 1.82) is 0 Å². The Balaban J connectivity index is 2.00. The van der Waals surface area contributed by atoms with Gasteiger partial charge in [-0.05, 0) is 31.0 Å². The van der Waals surface area contributed by atoms with Crippen LogP contribution in [0.25, 0.3) is 0 Å². The number of fused-ring (bicyclic) bond motifs is 1. The lowest BCUT2D eigenvalue weighted by Crippen LogP contribution is -2.36. The first-order valence-electron chi connectivity index (χ1n) is 6.14. The van der Waals surface area contributed by atoms with Crippen LogP contribution in [0.1, 0.15) is 23.0 Å². The lowest BCUT2D eigenvalue weighted by atomic mass is 10.1. The highest BCUT2D eigenvalue weighted by Crippen LogP contribution is 2.32. The maximum atomic E-state index is 12.5. The second-order valence-electron chi connectivity index (χ2n) is 4.66. The first-order valence-corrected chi connectivity index (χ1v) is 6.14. The molecule has 0 unspecified atom stereocenters. The average molecular weight is 255 g/mol. The van der Waals surface area contributed by atoms with Gasteiger partial charge in [-0.3, -0.25) is 9.59 Å². The monoisotopic (exact) mass is 255 g/mol. The lowest BCUT2D eigenvalue weighted by Gasteiger charge is -2.21. The number of carbonyl (C=O) groups is 1. The molecule has 1 amide bonds. The van der Waals surface area contributed by atoms with Crippen LogP contribution in [0.5, 0.6) is 0 Å². The largest absolute Gasteiger partial charge is 0.304 e. The van der Waals surface area contributed by atoms with E-state index >= 15 is 0 Å². The van der Waals surface area contributed by atoms with Crippen LogP contribution in [0.2, 0.25) is 0 Å². The van der Waals surface area contributed by atoms with Gasteiger partial charge in [0.25, 0.3) is 11.5 Å². The summed E-state index contributed by atoms with van der Waals surface area (Å²) in [5.74, 6) is -0.186. The van der Waals surface area contributed by atoms with Gasteiger partial charge in [-0.1, -0.05) is 18.2 Å². The quantitative estimate of drug-likeness (QED) is 0.836. The summed E-state index contributed by atoms with van der Waals surface area (Å²) < 4.78 is 0. The van der Waals surface area contributed by atoms with E-state index in [2.05, 4.69) is 10.2 Å². The smallest absolute Gasteiger partial charge is 0.278 e. The minimum absolute atomic E-state index is 0.0960. The Labute approximate surface area is 109 Å². The van der Waals surface area contributed by atoms with E-state index in [0.717, 1.165) is 17.7 Å². The summed E-state index contributed by atoms with van der Waals surface area (Å²) >= 11 is 0. The SMILES string of the molecule is C[C@H]1Cc2ccccc2N1C(=O)c1ccc(=O)[nH]n1. The van der Waals surface area contributed by atoms with E-state index in [1.165, 1.54) is 12.1 Å². The Morgan fingerprint density at radius 3 is 2.84 bits per heavy atom. The highest BCUT2D eigenvalue weighted by molar-refractivity contribution is 6.06. The van der Waals surface area contributed by atoms with Crippen LogP contribution in [-0.4, -0.2) is 22.1 Å². The Bertz CT molecular complexity index is 673. The number of hydrogen-bond donors (Lipinski definition) is 1. The predicted octanol–water partition coefficient (Wildman–Crippen LogP) is 1.36. The molecule has 0 fully saturated rings. The van der Waals surface area contributed by atoms with Gasteiger partial charge in [0.05, 0.1) is 0 Å². The van der Waals surface area contributed by atoms with E-state index in [9.17, 15) is 9.59 Å². The maximum Gasteiger partial charge on any atom is 0.278 e. The summed E-state index contributed by atoms with van der Waals surface area (Å²) in [5, 5.41) is 6.09. The van der Waals surface area contributed by atoms with Crippen molar-refractivity contribution >= 4 is 11.6 Å². The maximum absolute atomic E-state index is 12.5. The molecule has 19 heavy (non-hydrogen) atoms. The summed E-state index contributed by atoms with van der Waals surface area (Å²) in [4.78, 5) is 25.2. The van der Waals surface area contributed by atoms with Crippen LogP contribution in [0.15, 0.2) is 41.2 Å². The standard InChI is InChI=1S/C14H13N3O2/c1-9-8-10-4-2-3-5-12(10)17(9)14(19)11-6-7-13(18)16-15-11/h2-7,9H,8H2,1H3,(H,16,18)/t9-/m0/s1. The number of aromatic nitrogens is 2. The molecule has 0 spiro atoms. The first kappa shape index (κ1) is 11.6. The third-order valence-electron chi connectivity index (χ3n) is 3.32. The molecule has 0 saturated heterocycles. The molecule has 2 aromatic rings. The van der Waals surface area contributed by atoms with E-state index < -0.39 is 0 Å². The van der Waals surface area contributed by atoms with E-state index in [-0.39, 0.29) is 23.2 Å². The van der Waals surface area contributed by atoms with E-state index in [4.69, 9.17) is 0 Å². The fourth-order valence-corrected chi connectivity index (χ4v) is 2.46. The Kier molecular flexibility index (Phi) is 2.67. The van der Waals surface area contributed by atoms with Crippen LogP contribution in [-0.2, 0) is 6.42 Å². The van der Waals surface area contributed by atoms with Gasteiger partial charge in [0, 0.05) is 17.8 Å². The molecular formula is C14H13N3O2. The van der Waals surface area contributed by atoms with Gasteiger partial charge < -0.3 is 4.90 Å². The molecule has 0 aliphatic carbocycles. The molecule has 1 aliphatic rings. The lowest BCUT2D eigenvalue weighted by molar-refractivity contribution is 0.0975. The number of H-pyrrole nitrogens is 1. The van der Waals surface area contributed by atoms with Crippen LogP contribution < -0.4 is 10.5 Å². The summed E-state index contributed by atoms with van der Waals surface area (Å²) in [6.07, 6.45) is 0.839. The number of nitrogens with one attached hydrogen (secondary N) is 1. The minimum Gasteiger partial charge on any atom is -0.304 e. The van der Waals surface area contributed by atoms with Crippen molar-refractivity contribution in [2.45, 2.75) is 19.4 Å². The number of anilines is 1. The van der Waals surface area contributed by atoms with Gasteiger partial charge in [-0.25, -0.2) is 5.10 Å². The molecule has 3 rings (SSSR count). The fraction of sp³-hybridized carbons (Fsp3) is 0.214. The number of nitrogens with zero attached hydrogens (tertiary/aromatic N) is 2. The molecular weight excluding hydrogens is 242 g/mol. The number of amides is 1. The Morgan fingerprint density at radius 1 is 1.32 bits per heavy atom. The predicted molar refractivity (Wildman–Crippen MR) is 71.3 cm³/mol. The van der Waals surface area contributed by atoms with Gasteiger partial charge >= 0.3 is 0 Å². The van der Waals surface area contributed by atoms with Crippen LogP contribution in [0.3, 0.4) is 0 Å². The number of benzene rings is 1. The average Bonchev–Trinajstić information content (AvgIpc) is 2.74. The zero-order valence-corrected chi connectivity index (χ0v) is 10.5. The van der Waals surface area contributed by atoms with Crippen molar-refractivity contribution in [3.05, 3.63) is 58.0 Å². The molecule has 5 heteroatoms. The second-order valence-corrected chi connectivity index (χ2v) is 4.66. The van der Waals surface area contributed by atoms with Crippen LogP contribution in [0, 0.1) is 0 Å². The molecule has 0 saturated carbocycles. The van der Waals surface area contributed by atoms with Crippen molar-refractivity contribution in [1.82, 2.24) is 10.2 Å². The fourth-order valence-electron chi connectivity index (χ4n) is 2.46. The van der Waals surface area contributed by atoms with Crippen molar-refractivity contribution in [3.8, 4) is 0 Å². The van der Waals surface area contributed by atoms with Crippen molar-refractivity contribution in [2.75, 3.05) is 4.90 Å². The van der Waals surface area contributed by atoms with Crippen molar-refractivity contribution in [3.63, 3.8) is 0 Å². The van der Waals surface area contributed by atoms with Gasteiger partial charge in [-0.2, -0.15) is 5.10 Å². The summed E-state index contributed by atoms with van der Waals surface area (Å²) in [7, 11) is 0.